The van der Waals surface area contributed by atoms with Crippen molar-refractivity contribution in [3.63, 3.8) is 0 Å². The summed E-state index contributed by atoms with van der Waals surface area (Å²) >= 11 is 0. The molecule has 1 aromatic heterocycles. The van der Waals surface area contributed by atoms with Crippen molar-refractivity contribution in [2.45, 2.75) is 12.3 Å². The lowest BCUT2D eigenvalue weighted by molar-refractivity contribution is -0.126. The molecule has 1 aliphatic heterocycles. The van der Waals surface area contributed by atoms with Crippen LogP contribution in [0.2, 0.25) is 0 Å². The van der Waals surface area contributed by atoms with Gasteiger partial charge in [-0.05, 0) is 48.9 Å². The van der Waals surface area contributed by atoms with Gasteiger partial charge in [0, 0.05) is 32.1 Å². The molecule has 0 saturated carbocycles. The van der Waals surface area contributed by atoms with Crippen LogP contribution in [-0.4, -0.2) is 47.9 Å². The van der Waals surface area contributed by atoms with E-state index in [-0.39, 0.29) is 17.6 Å². The van der Waals surface area contributed by atoms with Crippen LogP contribution in [0.25, 0.3) is 0 Å². The van der Waals surface area contributed by atoms with Crippen molar-refractivity contribution >= 4 is 17.6 Å². The third-order valence-corrected chi connectivity index (χ3v) is 5.75. The highest BCUT2D eigenvalue weighted by molar-refractivity contribution is 5.94. The van der Waals surface area contributed by atoms with Gasteiger partial charge in [-0.15, -0.1) is 0 Å². The number of halogens is 1. The number of rotatable bonds is 6. The van der Waals surface area contributed by atoms with Gasteiger partial charge in [0.05, 0.1) is 11.3 Å². The number of piperazine rings is 1. The first kappa shape index (κ1) is 22.3. The Morgan fingerprint density at radius 1 is 1.15 bits per heavy atom. The minimum absolute atomic E-state index is 0.0834. The summed E-state index contributed by atoms with van der Waals surface area (Å²) in [6.45, 7) is 5.94. The molecule has 1 saturated heterocycles. The third kappa shape index (κ3) is 4.95. The number of nitrogens with two attached hydrogens (primary N) is 1. The molecule has 2 heterocycles. The molecule has 0 unspecified atom stereocenters. The van der Waals surface area contributed by atoms with Crippen LogP contribution in [0.3, 0.4) is 0 Å². The Bertz CT molecular complexity index is 1140. The SMILES string of the molecule is C=CC(=O)N1CCN(c2ccc(C(N)=O)c([C@H]3C=CC(Oc4ccccc4F)=CC3)n2)CC1. The molecule has 2 amide bonds. The van der Waals surface area contributed by atoms with Gasteiger partial charge < -0.3 is 20.3 Å². The molecule has 1 aromatic carbocycles. The van der Waals surface area contributed by atoms with E-state index in [0.717, 1.165) is 5.82 Å². The average molecular weight is 448 g/mol. The number of hydrogen-bond acceptors (Lipinski definition) is 5. The normalized spacial score (nSPS) is 18.0. The van der Waals surface area contributed by atoms with E-state index < -0.39 is 11.7 Å². The van der Waals surface area contributed by atoms with Gasteiger partial charge in [0.1, 0.15) is 11.6 Å². The van der Waals surface area contributed by atoms with Gasteiger partial charge >= 0.3 is 0 Å². The number of nitrogens with zero attached hydrogens (tertiary/aromatic N) is 3. The van der Waals surface area contributed by atoms with Gasteiger partial charge in [-0.2, -0.15) is 0 Å². The van der Waals surface area contributed by atoms with E-state index in [9.17, 15) is 14.0 Å². The van der Waals surface area contributed by atoms with Gasteiger partial charge in [0.2, 0.25) is 5.91 Å². The van der Waals surface area contributed by atoms with E-state index in [0.29, 0.717) is 49.6 Å². The van der Waals surface area contributed by atoms with Crippen molar-refractivity contribution in [2.75, 3.05) is 31.1 Å². The first-order valence-corrected chi connectivity index (χ1v) is 10.7. The summed E-state index contributed by atoms with van der Waals surface area (Å²) in [5, 5.41) is 0. The van der Waals surface area contributed by atoms with Crippen LogP contribution >= 0.6 is 0 Å². The van der Waals surface area contributed by atoms with Gasteiger partial charge in [-0.25, -0.2) is 9.37 Å². The molecule has 1 fully saturated rings. The van der Waals surface area contributed by atoms with Gasteiger partial charge in [-0.1, -0.05) is 24.8 Å². The van der Waals surface area contributed by atoms with Crippen LogP contribution in [0.4, 0.5) is 10.2 Å². The quantitative estimate of drug-likeness (QED) is 0.686. The fraction of sp³-hybridized carbons (Fsp3) is 0.240. The molecule has 0 spiro atoms. The second-order valence-corrected chi connectivity index (χ2v) is 7.82. The number of carbonyl (C=O) groups excluding carboxylic acids is 2. The zero-order chi connectivity index (χ0) is 23.4. The summed E-state index contributed by atoms with van der Waals surface area (Å²) in [6.07, 6.45) is 7.32. The fourth-order valence-corrected chi connectivity index (χ4v) is 3.95. The first-order valence-electron chi connectivity index (χ1n) is 10.7. The predicted octanol–water partition coefficient (Wildman–Crippen LogP) is 3.16. The fourth-order valence-electron chi connectivity index (χ4n) is 3.95. The highest BCUT2D eigenvalue weighted by atomic mass is 19.1. The van der Waals surface area contributed by atoms with Crippen LogP contribution in [-0.2, 0) is 4.79 Å². The maximum atomic E-state index is 13.9. The number of hydrogen-bond donors (Lipinski definition) is 1. The lowest BCUT2D eigenvalue weighted by Gasteiger charge is -2.35. The Kier molecular flexibility index (Phi) is 6.53. The molecule has 8 heteroatoms. The van der Waals surface area contributed by atoms with Crippen molar-refractivity contribution in [2.24, 2.45) is 5.73 Å². The summed E-state index contributed by atoms with van der Waals surface area (Å²) in [7, 11) is 0. The molecule has 1 aliphatic carbocycles. The van der Waals surface area contributed by atoms with Crippen LogP contribution in [0.5, 0.6) is 5.75 Å². The largest absolute Gasteiger partial charge is 0.455 e. The van der Waals surface area contributed by atoms with Crippen LogP contribution in [0.15, 0.2) is 73.0 Å². The molecular formula is C25H25FN4O3. The summed E-state index contributed by atoms with van der Waals surface area (Å²) < 4.78 is 19.5. The molecular weight excluding hydrogens is 423 g/mol. The number of benzene rings is 1. The number of anilines is 1. The highest BCUT2D eigenvalue weighted by Gasteiger charge is 2.24. The number of allylic oxidation sites excluding steroid dienone is 3. The Labute approximate surface area is 191 Å². The molecule has 2 aromatic rings. The Hall–Kier alpha value is -3.94. The van der Waals surface area contributed by atoms with Crippen molar-refractivity contribution in [1.29, 1.82) is 0 Å². The van der Waals surface area contributed by atoms with E-state index in [1.54, 1.807) is 41.3 Å². The molecule has 4 rings (SSSR count). The van der Waals surface area contributed by atoms with Crippen molar-refractivity contribution in [1.82, 2.24) is 9.88 Å². The second-order valence-electron chi connectivity index (χ2n) is 7.82. The van der Waals surface area contributed by atoms with E-state index in [1.165, 1.54) is 12.1 Å². The predicted molar refractivity (Wildman–Crippen MR) is 123 cm³/mol. The minimum Gasteiger partial charge on any atom is -0.455 e. The van der Waals surface area contributed by atoms with Gasteiger partial charge in [0.15, 0.2) is 11.6 Å². The Balaban J connectivity index is 1.50. The van der Waals surface area contributed by atoms with Gasteiger partial charge in [-0.3, -0.25) is 9.59 Å². The van der Waals surface area contributed by atoms with Crippen LogP contribution < -0.4 is 15.4 Å². The molecule has 7 nitrogen and oxygen atoms in total. The summed E-state index contributed by atoms with van der Waals surface area (Å²) in [6, 6.07) is 9.69. The highest BCUT2D eigenvalue weighted by Crippen LogP contribution is 2.31. The maximum absolute atomic E-state index is 13.9. The van der Waals surface area contributed by atoms with E-state index >= 15 is 0 Å². The molecule has 0 bridgehead atoms. The Morgan fingerprint density at radius 3 is 2.55 bits per heavy atom. The number of ether oxygens (including phenoxy) is 1. The van der Waals surface area contributed by atoms with Crippen molar-refractivity contribution in [3.05, 3.63) is 90.1 Å². The lowest BCUT2D eigenvalue weighted by Crippen LogP contribution is -2.48. The zero-order valence-corrected chi connectivity index (χ0v) is 18.1. The molecule has 0 radical (unpaired) electrons. The summed E-state index contributed by atoms with van der Waals surface area (Å²) in [4.78, 5) is 32.5. The number of carbonyl (C=O) groups is 2. The van der Waals surface area contributed by atoms with Gasteiger partial charge in [0.25, 0.3) is 5.91 Å². The second kappa shape index (κ2) is 9.68. The van der Waals surface area contributed by atoms with E-state index in [1.807, 2.05) is 12.2 Å². The molecule has 2 N–H and O–H groups in total. The number of aromatic nitrogens is 1. The summed E-state index contributed by atoms with van der Waals surface area (Å²) in [5.74, 6) is 0.163. The zero-order valence-electron chi connectivity index (χ0n) is 18.1. The number of pyridine rings is 1. The number of para-hydroxylation sites is 1. The molecule has 1 atom stereocenters. The van der Waals surface area contributed by atoms with Crippen LogP contribution in [0.1, 0.15) is 28.4 Å². The smallest absolute Gasteiger partial charge is 0.250 e. The summed E-state index contributed by atoms with van der Waals surface area (Å²) in [5.41, 5.74) is 6.56. The standard InChI is InChI=1S/C25H25FN4O3/c1-2-23(31)30-15-13-29(14-16-30)22-12-11-19(25(27)32)24(28-22)17-7-9-18(10-8-17)33-21-6-4-3-5-20(21)26/h2-7,9-12,17H,1,8,13-16H2,(H2,27,32)/t17-/m0/s1. The van der Waals surface area contributed by atoms with Crippen LogP contribution in [0, 0.1) is 5.82 Å². The minimum atomic E-state index is -0.545. The average Bonchev–Trinajstić information content (AvgIpc) is 2.85. The van der Waals surface area contributed by atoms with Crippen molar-refractivity contribution < 1.29 is 18.7 Å². The molecule has 170 valence electrons. The van der Waals surface area contributed by atoms with E-state index in [2.05, 4.69) is 11.5 Å². The third-order valence-electron chi connectivity index (χ3n) is 5.75. The number of primary amides is 1. The first-order chi connectivity index (χ1) is 16.0. The maximum Gasteiger partial charge on any atom is 0.250 e. The Morgan fingerprint density at radius 2 is 1.91 bits per heavy atom. The van der Waals surface area contributed by atoms with Crippen molar-refractivity contribution in [3.8, 4) is 5.75 Å². The molecule has 2 aliphatic rings. The topological polar surface area (TPSA) is 88.8 Å². The molecule has 33 heavy (non-hydrogen) atoms. The lowest BCUT2D eigenvalue weighted by atomic mass is 9.92. The number of amides is 2. The van der Waals surface area contributed by atoms with E-state index in [4.69, 9.17) is 15.5 Å². The monoisotopic (exact) mass is 448 g/mol.